The van der Waals surface area contributed by atoms with Gasteiger partial charge in [0.05, 0.1) is 11.0 Å². The molecule has 12 rings (SSSR count). The van der Waals surface area contributed by atoms with Gasteiger partial charge in [-0.15, -0.1) is 0 Å². The van der Waals surface area contributed by atoms with Crippen LogP contribution in [0.15, 0.2) is 218 Å². The standard InChI is InChI=1S/C57H36N4/c1-4-15-37(16-5-1)55-58-56(38-17-6-2-7-18-38)60-57(59-55)43-28-31-48-50-34-41(27-30-47(50)45-23-10-11-24-46(45)51(48)36-43)39-19-14-20-40(33-39)42-29-32-54-52(35-42)49-25-12-13-26-53(49)61(54)44-21-8-3-9-22-44/h1-36H. The van der Waals surface area contributed by atoms with Crippen molar-refractivity contribution < 1.29 is 0 Å². The van der Waals surface area contributed by atoms with E-state index in [2.05, 4.69) is 162 Å². The van der Waals surface area contributed by atoms with Gasteiger partial charge in [-0.1, -0.05) is 170 Å². The third kappa shape index (κ3) is 5.96. The smallest absolute Gasteiger partial charge is 0.164 e. The van der Waals surface area contributed by atoms with E-state index < -0.39 is 0 Å². The number of para-hydroxylation sites is 2. The van der Waals surface area contributed by atoms with Crippen LogP contribution in [0.5, 0.6) is 0 Å². The molecule has 0 atom stereocenters. The third-order valence-corrected chi connectivity index (χ3v) is 12.0. The molecule has 4 nitrogen and oxygen atoms in total. The highest BCUT2D eigenvalue weighted by Crippen LogP contribution is 2.40. The van der Waals surface area contributed by atoms with Gasteiger partial charge in [0.2, 0.25) is 0 Å². The Morgan fingerprint density at radius 1 is 0.230 bits per heavy atom. The van der Waals surface area contributed by atoms with Crippen molar-refractivity contribution in [2.45, 2.75) is 0 Å². The first-order valence-corrected chi connectivity index (χ1v) is 20.7. The lowest BCUT2D eigenvalue weighted by atomic mass is 9.90. The fraction of sp³-hybridized carbons (Fsp3) is 0. The van der Waals surface area contributed by atoms with Crippen LogP contribution >= 0.6 is 0 Å². The van der Waals surface area contributed by atoms with Crippen LogP contribution in [0.25, 0.3) is 116 Å². The van der Waals surface area contributed by atoms with Crippen molar-refractivity contribution >= 4 is 54.1 Å². The van der Waals surface area contributed by atoms with E-state index in [4.69, 9.17) is 15.0 Å². The van der Waals surface area contributed by atoms with E-state index in [-0.39, 0.29) is 0 Å². The van der Waals surface area contributed by atoms with Gasteiger partial charge in [-0.3, -0.25) is 0 Å². The fourth-order valence-corrected chi connectivity index (χ4v) is 9.10. The Morgan fingerprint density at radius 2 is 0.623 bits per heavy atom. The van der Waals surface area contributed by atoms with Gasteiger partial charge in [-0.05, 0) is 103 Å². The van der Waals surface area contributed by atoms with E-state index in [1.54, 1.807) is 0 Å². The van der Waals surface area contributed by atoms with Crippen LogP contribution in [0.2, 0.25) is 0 Å². The van der Waals surface area contributed by atoms with Crippen LogP contribution in [-0.2, 0) is 0 Å². The monoisotopic (exact) mass is 776 g/mol. The lowest BCUT2D eigenvalue weighted by Crippen LogP contribution is -2.00. The Morgan fingerprint density at radius 3 is 1.26 bits per heavy atom. The van der Waals surface area contributed by atoms with Gasteiger partial charge >= 0.3 is 0 Å². The van der Waals surface area contributed by atoms with Gasteiger partial charge in [0.25, 0.3) is 0 Å². The SMILES string of the molecule is c1ccc(-c2nc(-c3ccccc3)nc(-c3ccc4c5cc(-c6cccc(-c7ccc8c(c7)c7ccccc7n8-c7ccccc7)c6)ccc5c5ccccc5c4c3)n2)cc1. The molecule has 0 spiro atoms. The molecule has 0 aliphatic rings. The number of benzene rings is 10. The van der Waals surface area contributed by atoms with Crippen LogP contribution in [0.1, 0.15) is 0 Å². The summed E-state index contributed by atoms with van der Waals surface area (Å²) in [5, 5.41) is 9.71. The Balaban J connectivity index is 0.985. The fourth-order valence-electron chi connectivity index (χ4n) is 9.10. The number of aromatic nitrogens is 4. The molecule has 0 aliphatic heterocycles. The van der Waals surface area contributed by atoms with Gasteiger partial charge in [0.15, 0.2) is 17.5 Å². The first-order chi connectivity index (χ1) is 30.2. The molecule has 0 saturated heterocycles. The van der Waals surface area contributed by atoms with Crippen molar-refractivity contribution in [3.63, 3.8) is 0 Å². The average molecular weight is 777 g/mol. The number of fused-ring (bicyclic) bond motifs is 9. The van der Waals surface area contributed by atoms with E-state index in [1.807, 2.05) is 60.7 Å². The van der Waals surface area contributed by atoms with Gasteiger partial charge in [-0.2, -0.15) is 0 Å². The van der Waals surface area contributed by atoms with Crippen LogP contribution in [0.3, 0.4) is 0 Å². The van der Waals surface area contributed by atoms with Crippen molar-refractivity contribution in [2.24, 2.45) is 0 Å². The van der Waals surface area contributed by atoms with Gasteiger partial charge in [0, 0.05) is 33.2 Å². The summed E-state index contributed by atoms with van der Waals surface area (Å²) in [7, 11) is 0. The Hall–Kier alpha value is -8.21. The summed E-state index contributed by atoms with van der Waals surface area (Å²) in [6.45, 7) is 0. The van der Waals surface area contributed by atoms with E-state index in [0.717, 1.165) is 27.8 Å². The highest BCUT2D eigenvalue weighted by molar-refractivity contribution is 6.26. The van der Waals surface area contributed by atoms with E-state index in [9.17, 15) is 0 Å². The summed E-state index contributed by atoms with van der Waals surface area (Å²) in [5.41, 5.74) is 11.2. The van der Waals surface area contributed by atoms with Crippen LogP contribution in [0, 0.1) is 0 Å². The van der Waals surface area contributed by atoms with Crippen molar-refractivity contribution in [3.8, 4) is 62.1 Å². The minimum atomic E-state index is 0.646. The molecule has 0 N–H and O–H groups in total. The zero-order chi connectivity index (χ0) is 40.3. The van der Waals surface area contributed by atoms with Gasteiger partial charge in [-0.25, -0.2) is 15.0 Å². The summed E-state index contributed by atoms with van der Waals surface area (Å²) in [5.74, 6) is 1.95. The van der Waals surface area contributed by atoms with Gasteiger partial charge in [0.1, 0.15) is 0 Å². The van der Waals surface area contributed by atoms with E-state index in [0.29, 0.717) is 17.5 Å². The minimum Gasteiger partial charge on any atom is -0.309 e. The molecular weight excluding hydrogens is 741 g/mol. The maximum atomic E-state index is 5.06. The van der Waals surface area contributed by atoms with Gasteiger partial charge < -0.3 is 4.57 Å². The van der Waals surface area contributed by atoms with Crippen LogP contribution in [0.4, 0.5) is 0 Å². The molecule has 0 fully saturated rings. The molecule has 0 unspecified atom stereocenters. The zero-order valence-electron chi connectivity index (χ0n) is 33.1. The maximum absolute atomic E-state index is 5.06. The molecule has 0 bridgehead atoms. The largest absolute Gasteiger partial charge is 0.309 e. The number of hydrogen-bond acceptors (Lipinski definition) is 3. The van der Waals surface area contributed by atoms with E-state index >= 15 is 0 Å². The molecule has 0 amide bonds. The molecule has 10 aromatic carbocycles. The molecule has 61 heavy (non-hydrogen) atoms. The summed E-state index contributed by atoms with van der Waals surface area (Å²) >= 11 is 0. The van der Waals surface area contributed by atoms with Crippen molar-refractivity contribution in [3.05, 3.63) is 218 Å². The third-order valence-electron chi connectivity index (χ3n) is 12.0. The summed E-state index contributed by atoms with van der Waals surface area (Å²) in [6, 6.07) is 77.8. The predicted molar refractivity (Wildman–Crippen MR) is 254 cm³/mol. The molecule has 12 aromatic rings. The van der Waals surface area contributed by atoms with Crippen molar-refractivity contribution in [2.75, 3.05) is 0 Å². The zero-order valence-corrected chi connectivity index (χ0v) is 33.1. The molecule has 0 radical (unpaired) electrons. The lowest BCUT2D eigenvalue weighted by molar-refractivity contribution is 1.07. The highest BCUT2D eigenvalue weighted by atomic mass is 15.0. The highest BCUT2D eigenvalue weighted by Gasteiger charge is 2.17. The quantitative estimate of drug-likeness (QED) is 0.158. The summed E-state index contributed by atoms with van der Waals surface area (Å²) < 4.78 is 2.37. The Bertz CT molecular complexity index is 3570. The second kappa shape index (κ2) is 14.3. The second-order valence-electron chi connectivity index (χ2n) is 15.6. The molecule has 4 heteroatoms. The predicted octanol–water partition coefficient (Wildman–Crippen LogP) is 14.8. The maximum Gasteiger partial charge on any atom is 0.164 e. The number of hydrogen-bond donors (Lipinski definition) is 0. The Labute approximate surface area is 352 Å². The normalized spacial score (nSPS) is 11.6. The summed E-state index contributed by atoms with van der Waals surface area (Å²) in [6.07, 6.45) is 0. The Kier molecular flexibility index (Phi) is 8.13. The first kappa shape index (κ1) is 34.8. The van der Waals surface area contributed by atoms with Crippen LogP contribution in [-0.4, -0.2) is 19.5 Å². The molecule has 0 aliphatic carbocycles. The molecule has 2 heterocycles. The average Bonchev–Trinajstić information content (AvgIpc) is 3.68. The van der Waals surface area contributed by atoms with Crippen molar-refractivity contribution in [1.29, 1.82) is 0 Å². The minimum absolute atomic E-state index is 0.646. The molecule has 2 aromatic heterocycles. The number of nitrogens with zero attached hydrogens (tertiary/aromatic N) is 4. The topological polar surface area (TPSA) is 43.6 Å². The van der Waals surface area contributed by atoms with Crippen LogP contribution < -0.4 is 0 Å². The number of rotatable bonds is 6. The summed E-state index contributed by atoms with van der Waals surface area (Å²) in [4.78, 5) is 15.0. The first-order valence-electron chi connectivity index (χ1n) is 20.7. The molecule has 0 saturated carbocycles. The molecular formula is C57H36N4. The van der Waals surface area contributed by atoms with Crippen molar-refractivity contribution in [1.82, 2.24) is 19.5 Å². The second-order valence-corrected chi connectivity index (χ2v) is 15.6. The molecule has 284 valence electrons. The van der Waals surface area contributed by atoms with E-state index in [1.165, 1.54) is 71.0 Å². The lowest BCUT2D eigenvalue weighted by Gasteiger charge is -2.14.